The smallest absolute Gasteiger partial charge is 0.000185 e. The van der Waals surface area contributed by atoms with Crippen LogP contribution in [0, 0.1) is 6.92 Å². The lowest BCUT2D eigenvalue weighted by atomic mass is 9.94. The fraction of sp³-hybridized carbons (Fsp3) is 0.310. The van der Waals surface area contributed by atoms with Crippen LogP contribution in [0.5, 0.6) is 0 Å². The molecule has 0 radical (unpaired) electrons. The first kappa shape index (κ1) is 19.7. The molecule has 0 aromatic heterocycles. The van der Waals surface area contributed by atoms with Crippen LogP contribution in [0.25, 0.3) is 5.57 Å². The van der Waals surface area contributed by atoms with Crippen LogP contribution >= 0.6 is 0 Å². The number of hydrogen-bond donors (Lipinski definition) is 0. The van der Waals surface area contributed by atoms with Gasteiger partial charge in [-0.25, -0.2) is 0 Å². The van der Waals surface area contributed by atoms with Gasteiger partial charge in [0, 0.05) is 5.92 Å². The molecule has 0 fully saturated rings. The molecule has 4 rings (SSSR count). The maximum absolute atomic E-state index is 2.45. The molecular weight excluding hydrogens is 348 g/mol. The summed E-state index contributed by atoms with van der Waals surface area (Å²) in [7, 11) is 0. The number of rotatable bonds is 6. The van der Waals surface area contributed by atoms with Crippen molar-refractivity contribution < 1.29 is 0 Å². The Balaban J connectivity index is 1.54. The Bertz CT molecular complexity index is 1050. The zero-order valence-electron chi connectivity index (χ0n) is 18.3. The van der Waals surface area contributed by atoms with E-state index in [1.807, 2.05) is 0 Å². The molecule has 0 amide bonds. The molecule has 1 aliphatic rings. The van der Waals surface area contributed by atoms with Crippen LogP contribution in [0.4, 0.5) is 0 Å². The maximum atomic E-state index is 2.45. The molecule has 1 atom stereocenters. The van der Waals surface area contributed by atoms with Crippen LogP contribution in [0.3, 0.4) is 0 Å². The number of allylic oxidation sites excluding steroid dienone is 2. The van der Waals surface area contributed by atoms with Gasteiger partial charge >= 0.3 is 0 Å². The third-order valence-electron chi connectivity index (χ3n) is 6.32. The summed E-state index contributed by atoms with van der Waals surface area (Å²) in [5.74, 6) is 0.521. The lowest BCUT2D eigenvalue weighted by molar-refractivity contribution is 0.986. The highest BCUT2D eigenvalue weighted by molar-refractivity contribution is 5.76. The summed E-state index contributed by atoms with van der Waals surface area (Å²) in [4.78, 5) is 0. The van der Waals surface area contributed by atoms with Crippen molar-refractivity contribution in [3.63, 3.8) is 0 Å². The van der Waals surface area contributed by atoms with E-state index in [9.17, 15) is 0 Å². The molecule has 0 bridgehead atoms. The van der Waals surface area contributed by atoms with E-state index in [1.54, 1.807) is 0 Å². The molecule has 0 heterocycles. The van der Waals surface area contributed by atoms with E-state index in [0.29, 0.717) is 5.92 Å². The van der Waals surface area contributed by atoms with Gasteiger partial charge in [-0.1, -0.05) is 93.1 Å². The van der Waals surface area contributed by atoms with Crippen molar-refractivity contribution in [3.05, 3.63) is 111 Å². The minimum absolute atomic E-state index is 0.521. The predicted molar refractivity (Wildman–Crippen MR) is 126 cm³/mol. The summed E-state index contributed by atoms with van der Waals surface area (Å²) in [6, 6.07) is 23.1. The minimum atomic E-state index is 0.521. The van der Waals surface area contributed by atoms with Gasteiger partial charge in [0.15, 0.2) is 0 Å². The molecule has 0 N–H and O–H groups in total. The molecule has 0 saturated heterocycles. The standard InChI is InChI=1S/C29H32/c1-5-25-12-11-24(18-26(25)6-2)17-22-8-7-9-23(16-22)19-27-15-21(4)29-14-20(3)10-13-28(27)29/h7-16,18,21H,5-6,17,19H2,1-4H3. The Hall–Kier alpha value is -2.60. The lowest BCUT2D eigenvalue weighted by Crippen LogP contribution is -1.96. The molecule has 0 spiro atoms. The van der Waals surface area contributed by atoms with E-state index in [2.05, 4.69) is 94.4 Å². The molecule has 1 unspecified atom stereocenters. The first-order valence-corrected chi connectivity index (χ1v) is 11.1. The van der Waals surface area contributed by atoms with Crippen molar-refractivity contribution in [1.29, 1.82) is 0 Å². The van der Waals surface area contributed by atoms with Gasteiger partial charge in [0.1, 0.15) is 0 Å². The largest absolute Gasteiger partial charge is 0.0731 e. The predicted octanol–water partition coefficient (Wildman–Crippen LogP) is 7.45. The van der Waals surface area contributed by atoms with Gasteiger partial charge in [-0.2, -0.15) is 0 Å². The van der Waals surface area contributed by atoms with Gasteiger partial charge in [-0.15, -0.1) is 0 Å². The van der Waals surface area contributed by atoms with E-state index in [0.717, 1.165) is 25.7 Å². The average Bonchev–Trinajstić information content (AvgIpc) is 3.02. The van der Waals surface area contributed by atoms with Gasteiger partial charge in [-0.3, -0.25) is 0 Å². The third kappa shape index (κ3) is 4.22. The summed E-state index contributed by atoms with van der Waals surface area (Å²) in [6.45, 7) is 9.00. The second-order valence-electron chi connectivity index (χ2n) is 8.55. The summed E-state index contributed by atoms with van der Waals surface area (Å²) in [6.07, 6.45) is 6.71. The Labute approximate surface area is 176 Å². The second kappa shape index (κ2) is 8.41. The van der Waals surface area contributed by atoms with Crippen LogP contribution in [0.15, 0.2) is 66.7 Å². The molecule has 0 saturated carbocycles. The fourth-order valence-electron chi connectivity index (χ4n) is 4.76. The molecule has 1 aliphatic carbocycles. The summed E-state index contributed by atoms with van der Waals surface area (Å²) in [5.41, 5.74) is 13.0. The SMILES string of the molecule is CCc1ccc(Cc2cccc(CC3=CC(C)c4cc(C)ccc43)c2)cc1CC. The fourth-order valence-corrected chi connectivity index (χ4v) is 4.76. The van der Waals surface area contributed by atoms with Crippen LogP contribution < -0.4 is 0 Å². The van der Waals surface area contributed by atoms with Gasteiger partial charge < -0.3 is 0 Å². The number of benzene rings is 3. The second-order valence-corrected chi connectivity index (χ2v) is 8.55. The number of fused-ring (bicyclic) bond motifs is 1. The molecule has 3 aromatic carbocycles. The van der Waals surface area contributed by atoms with Gasteiger partial charge in [0.05, 0.1) is 0 Å². The summed E-state index contributed by atoms with van der Waals surface area (Å²) in [5, 5.41) is 0. The van der Waals surface area contributed by atoms with Crippen molar-refractivity contribution in [3.8, 4) is 0 Å². The van der Waals surface area contributed by atoms with E-state index < -0.39 is 0 Å². The molecule has 148 valence electrons. The zero-order valence-corrected chi connectivity index (χ0v) is 18.3. The van der Waals surface area contributed by atoms with Crippen LogP contribution in [-0.4, -0.2) is 0 Å². The summed E-state index contributed by atoms with van der Waals surface area (Å²) >= 11 is 0. The van der Waals surface area contributed by atoms with E-state index in [-0.39, 0.29) is 0 Å². The Kier molecular flexibility index (Phi) is 5.72. The van der Waals surface area contributed by atoms with Crippen molar-refractivity contribution in [2.75, 3.05) is 0 Å². The third-order valence-corrected chi connectivity index (χ3v) is 6.32. The Morgan fingerprint density at radius 3 is 2.21 bits per heavy atom. The van der Waals surface area contributed by atoms with Gasteiger partial charge in [-0.05, 0) is 77.1 Å². The van der Waals surface area contributed by atoms with E-state index in [4.69, 9.17) is 0 Å². The lowest BCUT2D eigenvalue weighted by Gasteiger charge is -2.11. The van der Waals surface area contributed by atoms with Crippen molar-refractivity contribution in [2.24, 2.45) is 0 Å². The minimum Gasteiger partial charge on any atom is -0.0731 e. The van der Waals surface area contributed by atoms with Crippen LogP contribution in [0.2, 0.25) is 0 Å². The van der Waals surface area contributed by atoms with Crippen molar-refractivity contribution >= 4 is 5.57 Å². The first-order valence-electron chi connectivity index (χ1n) is 11.1. The average molecular weight is 381 g/mol. The van der Waals surface area contributed by atoms with E-state index in [1.165, 1.54) is 50.1 Å². The quantitative estimate of drug-likeness (QED) is 0.416. The topological polar surface area (TPSA) is 0 Å². The molecule has 3 aromatic rings. The molecule has 29 heavy (non-hydrogen) atoms. The van der Waals surface area contributed by atoms with E-state index >= 15 is 0 Å². The highest BCUT2D eigenvalue weighted by Gasteiger charge is 2.20. The highest BCUT2D eigenvalue weighted by Crippen LogP contribution is 2.37. The molecule has 0 heteroatoms. The van der Waals surface area contributed by atoms with Crippen molar-refractivity contribution in [1.82, 2.24) is 0 Å². The van der Waals surface area contributed by atoms with Crippen LogP contribution in [0.1, 0.15) is 71.2 Å². The van der Waals surface area contributed by atoms with Crippen molar-refractivity contribution in [2.45, 2.75) is 59.3 Å². The molecule has 0 nitrogen and oxygen atoms in total. The Morgan fingerprint density at radius 1 is 0.724 bits per heavy atom. The van der Waals surface area contributed by atoms with Gasteiger partial charge in [0.2, 0.25) is 0 Å². The zero-order chi connectivity index (χ0) is 20.4. The summed E-state index contributed by atoms with van der Waals surface area (Å²) < 4.78 is 0. The number of aryl methyl sites for hydroxylation is 3. The number of hydrogen-bond acceptors (Lipinski definition) is 0. The first-order chi connectivity index (χ1) is 14.1. The molecule has 0 aliphatic heterocycles. The monoisotopic (exact) mass is 380 g/mol. The maximum Gasteiger partial charge on any atom is 0.000185 e. The normalized spacial score (nSPS) is 15.3. The van der Waals surface area contributed by atoms with Gasteiger partial charge in [0.25, 0.3) is 0 Å². The molecular formula is C29H32. The Morgan fingerprint density at radius 2 is 1.45 bits per heavy atom. The van der Waals surface area contributed by atoms with Crippen LogP contribution in [-0.2, 0) is 25.7 Å². The highest BCUT2D eigenvalue weighted by atomic mass is 14.2.